The van der Waals surface area contributed by atoms with Gasteiger partial charge in [-0.15, -0.1) is 0 Å². The van der Waals surface area contributed by atoms with E-state index in [0.29, 0.717) is 6.54 Å². The smallest absolute Gasteiger partial charge is 0.232 e. The molecule has 98 valence electrons. The molecule has 1 aliphatic rings. The zero-order chi connectivity index (χ0) is 13.3. The van der Waals surface area contributed by atoms with Crippen LogP contribution in [0.25, 0.3) is 0 Å². The Labute approximate surface area is 108 Å². The molecule has 1 unspecified atom stereocenters. The average molecular weight is 248 g/mol. The Hall–Kier alpha value is -1.55. The van der Waals surface area contributed by atoms with Gasteiger partial charge < -0.3 is 15.3 Å². The van der Waals surface area contributed by atoms with Crippen molar-refractivity contribution in [3.63, 3.8) is 0 Å². The van der Waals surface area contributed by atoms with E-state index in [0.717, 1.165) is 11.3 Å². The monoisotopic (exact) mass is 248 g/mol. The van der Waals surface area contributed by atoms with Crippen molar-refractivity contribution in [3.05, 3.63) is 29.8 Å². The lowest BCUT2D eigenvalue weighted by Crippen LogP contribution is -2.49. The summed E-state index contributed by atoms with van der Waals surface area (Å²) in [5, 5.41) is 12.6. The maximum absolute atomic E-state index is 12.5. The van der Waals surface area contributed by atoms with Gasteiger partial charge >= 0.3 is 0 Å². The van der Waals surface area contributed by atoms with Gasteiger partial charge in [-0.3, -0.25) is 4.79 Å². The van der Waals surface area contributed by atoms with Crippen LogP contribution in [-0.2, 0) is 4.79 Å². The normalized spacial score (nSPS) is 18.1. The fourth-order valence-corrected chi connectivity index (χ4v) is 2.14. The van der Waals surface area contributed by atoms with Crippen molar-refractivity contribution in [3.8, 4) is 0 Å². The van der Waals surface area contributed by atoms with Crippen molar-refractivity contribution in [2.24, 2.45) is 0 Å². The molecule has 4 nitrogen and oxygen atoms in total. The number of hydrogen-bond donors (Lipinski definition) is 2. The summed E-state index contributed by atoms with van der Waals surface area (Å²) >= 11 is 0. The van der Waals surface area contributed by atoms with Gasteiger partial charge in [-0.05, 0) is 25.5 Å². The van der Waals surface area contributed by atoms with E-state index < -0.39 is 5.54 Å². The standard InChI is InChI=1S/C14H20N2O2/c1-14(2,9-17)16(3)13(18)11-8-15-12-7-5-4-6-10(11)12/h4-7,11,15,17H,8-9H2,1-3H3. The minimum Gasteiger partial charge on any atom is -0.394 e. The van der Waals surface area contributed by atoms with Crippen LogP contribution in [0.5, 0.6) is 0 Å². The van der Waals surface area contributed by atoms with Crippen LogP contribution in [0.15, 0.2) is 24.3 Å². The first-order valence-electron chi connectivity index (χ1n) is 6.18. The predicted molar refractivity (Wildman–Crippen MR) is 71.6 cm³/mol. The molecule has 0 fully saturated rings. The van der Waals surface area contributed by atoms with Crippen LogP contribution in [0.3, 0.4) is 0 Å². The van der Waals surface area contributed by atoms with E-state index in [9.17, 15) is 9.90 Å². The topological polar surface area (TPSA) is 52.6 Å². The highest BCUT2D eigenvalue weighted by atomic mass is 16.3. The quantitative estimate of drug-likeness (QED) is 0.850. The molecule has 4 heteroatoms. The third kappa shape index (κ3) is 2.08. The van der Waals surface area contributed by atoms with Crippen LogP contribution in [0.1, 0.15) is 25.3 Å². The Bertz CT molecular complexity index is 457. The fourth-order valence-electron chi connectivity index (χ4n) is 2.14. The second-order valence-corrected chi connectivity index (χ2v) is 5.39. The molecule has 2 N–H and O–H groups in total. The van der Waals surface area contributed by atoms with E-state index in [1.165, 1.54) is 0 Å². The Morgan fingerprint density at radius 2 is 2.17 bits per heavy atom. The number of amides is 1. The Balaban J connectivity index is 2.22. The number of nitrogens with one attached hydrogen (secondary N) is 1. The van der Waals surface area contributed by atoms with Gasteiger partial charge in [0.25, 0.3) is 0 Å². The minimum absolute atomic E-state index is 0.0446. The molecule has 1 aliphatic heterocycles. The van der Waals surface area contributed by atoms with E-state index in [4.69, 9.17) is 0 Å². The number of hydrogen-bond acceptors (Lipinski definition) is 3. The molecule has 1 heterocycles. The van der Waals surface area contributed by atoms with Gasteiger partial charge in [0, 0.05) is 19.3 Å². The highest BCUT2D eigenvalue weighted by Gasteiger charge is 2.35. The summed E-state index contributed by atoms with van der Waals surface area (Å²) in [5.41, 5.74) is 1.54. The molecule has 2 rings (SSSR count). The van der Waals surface area contributed by atoms with Crippen LogP contribution in [0.4, 0.5) is 5.69 Å². The molecule has 0 aliphatic carbocycles. The maximum atomic E-state index is 12.5. The molecular weight excluding hydrogens is 228 g/mol. The summed E-state index contributed by atoms with van der Waals surface area (Å²) in [4.78, 5) is 14.1. The van der Waals surface area contributed by atoms with Gasteiger partial charge in [0.15, 0.2) is 0 Å². The van der Waals surface area contributed by atoms with Crippen molar-refractivity contribution < 1.29 is 9.90 Å². The second-order valence-electron chi connectivity index (χ2n) is 5.39. The number of carbonyl (C=O) groups is 1. The lowest BCUT2D eigenvalue weighted by Gasteiger charge is -2.35. The summed E-state index contributed by atoms with van der Waals surface area (Å²) in [6, 6.07) is 7.88. The summed E-state index contributed by atoms with van der Waals surface area (Å²) in [6.45, 7) is 4.30. The average Bonchev–Trinajstić information content (AvgIpc) is 2.80. The first-order chi connectivity index (χ1) is 8.47. The number of likely N-dealkylation sites (N-methyl/N-ethyl adjacent to an activating group) is 1. The van der Waals surface area contributed by atoms with Crippen molar-refractivity contribution in [1.82, 2.24) is 4.90 Å². The Morgan fingerprint density at radius 3 is 2.83 bits per heavy atom. The van der Waals surface area contributed by atoms with E-state index in [1.807, 2.05) is 38.1 Å². The first kappa shape index (κ1) is 12.9. The number of carbonyl (C=O) groups excluding carboxylic acids is 1. The molecule has 1 aromatic carbocycles. The van der Waals surface area contributed by atoms with E-state index in [-0.39, 0.29) is 18.4 Å². The first-order valence-corrected chi connectivity index (χ1v) is 6.18. The Kier molecular flexibility index (Phi) is 3.30. The van der Waals surface area contributed by atoms with Gasteiger partial charge in [0.2, 0.25) is 5.91 Å². The number of anilines is 1. The summed E-state index contributed by atoms with van der Waals surface area (Å²) in [7, 11) is 1.75. The van der Waals surface area contributed by atoms with Crippen molar-refractivity contribution in [2.45, 2.75) is 25.3 Å². The number of benzene rings is 1. The summed E-state index contributed by atoms with van der Waals surface area (Å²) in [5.74, 6) is -0.108. The van der Waals surface area contributed by atoms with E-state index in [2.05, 4.69) is 5.32 Å². The van der Waals surface area contributed by atoms with Crippen LogP contribution >= 0.6 is 0 Å². The summed E-state index contributed by atoms with van der Waals surface area (Å²) < 4.78 is 0. The third-order valence-corrected chi connectivity index (χ3v) is 3.76. The highest BCUT2D eigenvalue weighted by molar-refractivity contribution is 5.88. The van der Waals surface area contributed by atoms with E-state index in [1.54, 1.807) is 11.9 Å². The maximum Gasteiger partial charge on any atom is 0.232 e. The number of nitrogens with zero attached hydrogens (tertiary/aromatic N) is 1. The largest absolute Gasteiger partial charge is 0.394 e. The van der Waals surface area contributed by atoms with Gasteiger partial charge in [0.05, 0.1) is 18.1 Å². The van der Waals surface area contributed by atoms with Crippen LogP contribution in [0, 0.1) is 0 Å². The molecule has 1 aromatic rings. The van der Waals surface area contributed by atoms with Crippen molar-refractivity contribution in [1.29, 1.82) is 0 Å². The minimum atomic E-state index is -0.533. The molecular formula is C14H20N2O2. The van der Waals surface area contributed by atoms with Crippen molar-refractivity contribution >= 4 is 11.6 Å². The van der Waals surface area contributed by atoms with Crippen LogP contribution in [-0.4, -0.2) is 41.7 Å². The van der Waals surface area contributed by atoms with Crippen LogP contribution < -0.4 is 5.32 Å². The van der Waals surface area contributed by atoms with Gasteiger partial charge in [0.1, 0.15) is 0 Å². The number of rotatable bonds is 3. The molecule has 0 radical (unpaired) electrons. The zero-order valence-corrected chi connectivity index (χ0v) is 11.1. The van der Waals surface area contributed by atoms with E-state index >= 15 is 0 Å². The zero-order valence-electron chi connectivity index (χ0n) is 11.1. The van der Waals surface area contributed by atoms with Gasteiger partial charge in [-0.1, -0.05) is 18.2 Å². The molecule has 1 atom stereocenters. The van der Waals surface area contributed by atoms with Gasteiger partial charge in [-0.25, -0.2) is 0 Å². The van der Waals surface area contributed by atoms with Crippen LogP contribution in [0.2, 0.25) is 0 Å². The molecule has 0 saturated heterocycles. The number of aliphatic hydroxyl groups is 1. The lowest BCUT2D eigenvalue weighted by atomic mass is 9.96. The SMILES string of the molecule is CN(C(=O)C1CNc2ccccc21)C(C)(C)CO. The molecule has 0 bridgehead atoms. The number of fused-ring (bicyclic) bond motifs is 1. The Morgan fingerprint density at radius 1 is 1.50 bits per heavy atom. The second kappa shape index (κ2) is 4.61. The van der Waals surface area contributed by atoms with Gasteiger partial charge in [-0.2, -0.15) is 0 Å². The molecule has 0 spiro atoms. The fraction of sp³-hybridized carbons (Fsp3) is 0.500. The third-order valence-electron chi connectivity index (χ3n) is 3.76. The number of aliphatic hydroxyl groups excluding tert-OH is 1. The van der Waals surface area contributed by atoms with Crippen molar-refractivity contribution in [2.75, 3.05) is 25.5 Å². The highest BCUT2D eigenvalue weighted by Crippen LogP contribution is 2.33. The molecule has 18 heavy (non-hydrogen) atoms. The molecule has 0 aromatic heterocycles. The molecule has 0 saturated carbocycles. The lowest BCUT2D eigenvalue weighted by molar-refractivity contribution is -0.137. The predicted octanol–water partition coefficient (Wildman–Crippen LogP) is 1.42. The number of para-hydroxylation sites is 1. The molecule has 1 amide bonds. The summed E-state index contributed by atoms with van der Waals surface area (Å²) in [6.07, 6.45) is 0.